The molecule has 110 valence electrons. The van der Waals surface area contributed by atoms with Crippen molar-refractivity contribution in [3.8, 4) is 0 Å². The lowest BCUT2D eigenvalue weighted by Gasteiger charge is -2.27. The molecule has 0 radical (unpaired) electrons. The molecule has 6 nitrogen and oxygen atoms in total. The van der Waals surface area contributed by atoms with Crippen LogP contribution in [0.4, 0.5) is 4.79 Å². The molecule has 0 aromatic rings. The quantitative estimate of drug-likeness (QED) is 0.716. The number of carboxylic acid groups (broad SMARTS) is 1. The predicted octanol–water partition coefficient (Wildman–Crippen LogP) is 0.541. The molecule has 0 aromatic heterocycles. The Morgan fingerprint density at radius 1 is 1.37 bits per heavy atom. The number of nitrogens with one attached hydrogen (secondary N) is 1. The molecule has 0 aliphatic carbocycles. The van der Waals surface area contributed by atoms with Crippen LogP contribution in [0.1, 0.15) is 13.3 Å². The van der Waals surface area contributed by atoms with Crippen LogP contribution in [-0.4, -0.2) is 77.7 Å². The van der Waals surface area contributed by atoms with E-state index in [0.29, 0.717) is 13.1 Å². The van der Waals surface area contributed by atoms with Crippen LogP contribution in [0.5, 0.6) is 0 Å². The van der Waals surface area contributed by atoms with Crippen molar-refractivity contribution in [1.29, 1.82) is 0 Å². The first-order valence-corrected chi connectivity index (χ1v) is 7.83. The molecule has 7 heteroatoms. The van der Waals surface area contributed by atoms with Crippen LogP contribution in [0, 0.1) is 0 Å². The lowest BCUT2D eigenvalue weighted by atomic mass is 10.4. The molecule has 0 saturated carbocycles. The fraction of sp³-hybridized carbons (Fsp3) is 0.833. The van der Waals surface area contributed by atoms with E-state index in [-0.39, 0.29) is 19.0 Å². The summed E-state index contributed by atoms with van der Waals surface area (Å²) in [5.74, 6) is 1.44. The fourth-order valence-corrected chi connectivity index (χ4v) is 2.87. The summed E-state index contributed by atoms with van der Waals surface area (Å²) < 4.78 is 0. The summed E-state index contributed by atoms with van der Waals surface area (Å²) in [6.07, 6.45) is -0.00932. The van der Waals surface area contributed by atoms with Gasteiger partial charge in [-0.3, -0.25) is 9.69 Å². The Morgan fingerprint density at radius 2 is 2.05 bits per heavy atom. The average Bonchev–Trinajstić information content (AvgIpc) is 2.40. The minimum atomic E-state index is -0.878. The summed E-state index contributed by atoms with van der Waals surface area (Å²) in [4.78, 5) is 26.2. The fourth-order valence-electron chi connectivity index (χ4n) is 1.89. The highest BCUT2D eigenvalue weighted by molar-refractivity contribution is 7.99. The number of thioether (sulfide) groups is 1. The number of rotatable bonds is 7. The molecule has 0 unspecified atom stereocenters. The lowest BCUT2D eigenvalue weighted by Crippen LogP contribution is -2.44. The molecule has 2 N–H and O–H groups in total. The van der Waals surface area contributed by atoms with E-state index in [9.17, 15) is 9.59 Å². The van der Waals surface area contributed by atoms with Gasteiger partial charge in [0, 0.05) is 50.8 Å². The maximum atomic E-state index is 11.8. The van der Waals surface area contributed by atoms with E-state index in [0.717, 1.165) is 31.1 Å². The van der Waals surface area contributed by atoms with Gasteiger partial charge in [-0.25, -0.2) is 4.79 Å². The number of carbonyl (C=O) groups excluding carboxylic acids is 1. The SMILES string of the molecule is CCN(CCC(=O)O)C(=O)NCCN1CCSCC1. The second-order valence-electron chi connectivity index (χ2n) is 4.41. The Kier molecular flexibility index (Phi) is 7.66. The van der Waals surface area contributed by atoms with E-state index in [4.69, 9.17) is 5.11 Å². The molecule has 0 atom stereocenters. The Morgan fingerprint density at radius 3 is 2.63 bits per heavy atom. The normalized spacial score (nSPS) is 16.1. The number of carbonyl (C=O) groups is 2. The Hall–Kier alpha value is -0.950. The maximum absolute atomic E-state index is 11.8. The summed E-state index contributed by atoms with van der Waals surface area (Å²) >= 11 is 1.96. The van der Waals surface area contributed by atoms with Crippen LogP contribution in [0.15, 0.2) is 0 Å². The summed E-state index contributed by atoms with van der Waals surface area (Å²) in [6, 6.07) is -0.171. The molecule has 0 aromatic carbocycles. The second kappa shape index (κ2) is 9.03. The molecule has 0 spiro atoms. The van der Waals surface area contributed by atoms with Gasteiger partial charge in [0.1, 0.15) is 0 Å². The van der Waals surface area contributed by atoms with Crippen molar-refractivity contribution < 1.29 is 14.7 Å². The molecule has 1 aliphatic rings. The van der Waals surface area contributed by atoms with Gasteiger partial charge in [-0.05, 0) is 6.92 Å². The van der Waals surface area contributed by atoms with E-state index in [1.165, 1.54) is 4.90 Å². The van der Waals surface area contributed by atoms with Crippen LogP contribution in [0.25, 0.3) is 0 Å². The molecule has 19 heavy (non-hydrogen) atoms. The number of hydrogen-bond acceptors (Lipinski definition) is 4. The van der Waals surface area contributed by atoms with Crippen molar-refractivity contribution >= 4 is 23.8 Å². The molecule has 1 fully saturated rings. The highest BCUT2D eigenvalue weighted by atomic mass is 32.2. The second-order valence-corrected chi connectivity index (χ2v) is 5.63. The van der Waals surface area contributed by atoms with Gasteiger partial charge < -0.3 is 15.3 Å². The van der Waals surface area contributed by atoms with Crippen LogP contribution in [-0.2, 0) is 4.79 Å². The maximum Gasteiger partial charge on any atom is 0.317 e. The minimum Gasteiger partial charge on any atom is -0.481 e. The molecule has 1 heterocycles. The number of hydrogen-bond donors (Lipinski definition) is 2. The predicted molar refractivity (Wildman–Crippen MR) is 76.7 cm³/mol. The van der Waals surface area contributed by atoms with Crippen molar-refractivity contribution in [2.24, 2.45) is 0 Å². The van der Waals surface area contributed by atoms with E-state index in [2.05, 4.69) is 10.2 Å². The molecular formula is C12H23N3O3S. The number of nitrogens with zero attached hydrogens (tertiary/aromatic N) is 2. The van der Waals surface area contributed by atoms with Crippen molar-refractivity contribution in [3.63, 3.8) is 0 Å². The number of carboxylic acids is 1. The van der Waals surface area contributed by atoms with E-state index in [1.54, 1.807) is 0 Å². The topological polar surface area (TPSA) is 72.9 Å². The summed E-state index contributed by atoms with van der Waals surface area (Å²) in [6.45, 7) is 6.28. The van der Waals surface area contributed by atoms with Crippen LogP contribution >= 0.6 is 11.8 Å². The van der Waals surface area contributed by atoms with Gasteiger partial charge in [-0.2, -0.15) is 11.8 Å². The minimum absolute atomic E-state index is 0.00932. The Bertz CT molecular complexity index is 296. The highest BCUT2D eigenvalue weighted by Gasteiger charge is 2.14. The third kappa shape index (κ3) is 6.68. The van der Waals surface area contributed by atoms with Gasteiger partial charge >= 0.3 is 12.0 Å². The first-order valence-electron chi connectivity index (χ1n) is 6.68. The lowest BCUT2D eigenvalue weighted by molar-refractivity contribution is -0.137. The summed E-state index contributed by atoms with van der Waals surface area (Å²) in [5.41, 5.74) is 0. The van der Waals surface area contributed by atoms with Crippen molar-refractivity contribution in [2.75, 3.05) is 50.8 Å². The van der Waals surface area contributed by atoms with Gasteiger partial charge in [0.05, 0.1) is 6.42 Å². The first-order chi connectivity index (χ1) is 9.13. The Labute approximate surface area is 118 Å². The largest absolute Gasteiger partial charge is 0.481 e. The summed E-state index contributed by atoms with van der Waals surface area (Å²) in [7, 11) is 0. The first kappa shape index (κ1) is 16.1. The summed E-state index contributed by atoms with van der Waals surface area (Å²) in [5, 5.41) is 11.5. The van der Waals surface area contributed by atoms with Crippen molar-refractivity contribution in [3.05, 3.63) is 0 Å². The van der Waals surface area contributed by atoms with Crippen LogP contribution < -0.4 is 5.32 Å². The van der Waals surface area contributed by atoms with Crippen molar-refractivity contribution in [2.45, 2.75) is 13.3 Å². The zero-order valence-corrected chi connectivity index (χ0v) is 12.2. The van der Waals surface area contributed by atoms with Gasteiger partial charge in [0.2, 0.25) is 0 Å². The average molecular weight is 289 g/mol. The van der Waals surface area contributed by atoms with E-state index >= 15 is 0 Å². The molecule has 1 rings (SSSR count). The van der Waals surface area contributed by atoms with Gasteiger partial charge in [-0.1, -0.05) is 0 Å². The van der Waals surface area contributed by atoms with E-state index in [1.807, 2.05) is 18.7 Å². The monoisotopic (exact) mass is 289 g/mol. The van der Waals surface area contributed by atoms with Gasteiger partial charge in [-0.15, -0.1) is 0 Å². The van der Waals surface area contributed by atoms with Crippen LogP contribution in [0.2, 0.25) is 0 Å². The molecule has 1 aliphatic heterocycles. The van der Waals surface area contributed by atoms with Crippen LogP contribution in [0.3, 0.4) is 0 Å². The zero-order chi connectivity index (χ0) is 14.1. The zero-order valence-electron chi connectivity index (χ0n) is 11.4. The van der Waals surface area contributed by atoms with E-state index < -0.39 is 5.97 Å². The number of urea groups is 1. The molecular weight excluding hydrogens is 266 g/mol. The van der Waals surface area contributed by atoms with Gasteiger partial charge in [0.25, 0.3) is 0 Å². The molecule has 0 bridgehead atoms. The Balaban J connectivity index is 2.18. The third-order valence-corrected chi connectivity index (χ3v) is 4.01. The molecule has 2 amide bonds. The number of amides is 2. The molecule has 1 saturated heterocycles. The third-order valence-electron chi connectivity index (χ3n) is 3.07. The highest BCUT2D eigenvalue weighted by Crippen LogP contribution is 2.07. The smallest absolute Gasteiger partial charge is 0.317 e. The van der Waals surface area contributed by atoms with Gasteiger partial charge in [0.15, 0.2) is 0 Å². The number of aliphatic carboxylic acids is 1. The standard InChI is InChI=1S/C12H23N3O3S/c1-2-15(5-3-11(16)17)12(18)13-4-6-14-7-9-19-10-8-14/h2-10H2,1H3,(H,13,18)(H,16,17). The van der Waals surface area contributed by atoms with Crippen molar-refractivity contribution in [1.82, 2.24) is 15.1 Å².